The second-order valence-corrected chi connectivity index (χ2v) is 7.13. The van der Waals surface area contributed by atoms with Crippen LogP contribution in [0.25, 0.3) is 0 Å². The molecule has 2 aromatic carbocycles. The summed E-state index contributed by atoms with van der Waals surface area (Å²) >= 11 is 1.62. The van der Waals surface area contributed by atoms with Crippen LogP contribution >= 0.6 is 11.8 Å². The molecule has 1 atom stereocenters. The minimum Gasteiger partial charge on any atom is -0.293 e. The van der Waals surface area contributed by atoms with Crippen molar-refractivity contribution in [3.05, 3.63) is 65.2 Å². The lowest BCUT2D eigenvalue weighted by Gasteiger charge is -2.12. The van der Waals surface area contributed by atoms with Gasteiger partial charge < -0.3 is 0 Å². The van der Waals surface area contributed by atoms with Gasteiger partial charge in [-0.1, -0.05) is 55.8 Å². The third-order valence-corrected chi connectivity index (χ3v) is 4.68. The highest BCUT2D eigenvalue weighted by Gasteiger charge is 2.16. The number of benzene rings is 2. The summed E-state index contributed by atoms with van der Waals surface area (Å²) in [7, 11) is 0. The van der Waals surface area contributed by atoms with E-state index in [0.29, 0.717) is 5.92 Å². The van der Waals surface area contributed by atoms with Crippen LogP contribution < -0.4 is 0 Å². The number of aryl methyl sites for hydroxylation is 1. The lowest BCUT2D eigenvalue weighted by molar-refractivity contribution is 0.0994. The summed E-state index contributed by atoms with van der Waals surface area (Å²) < 4.78 is 0. The van der Waals surface area contributed by atoms with Crippen molar-refractivity contribution in [2.75, 3.05) is 0 Å². The molecule has 0 aliphatic carbocycles. The molecule has 0 aromatic heterocycles. The van der Waals surface area contributed by atoms with Gasteiger partial charge in [-0.3, -0.25) is 4.79 Å². The maximum absolute atomic E-state index is 12.4. The second kappa shape index (κ2) is 6.95. The van der Waals surface area contributed by atoms with Gasteiger partial charge in [-0.25, -0.2) is 0 Å². The third-order valence-electron chi connectivity index (χ3n) is 3.56. The van der Waals surface area contributed by atoms with E-state index >= 15 is 0 Å². The summed E-state index contributed by atoms with van der Waals surface area (Å²) in [5.74, 6) is 0.726. The van der Waals surface area contributed by atoms with E-state index in [1.54, 1.807) is 11.8 Å². The number of rotatable bonds is 5. The molecule has 0 bridgehead atoms. The van der Waals surface area contributed by atoms with Gasteiger partial charge in [0.05, 0.1) is 5.25 Å². The molecule has 0 saturated carbocycles. The zero-order valence-electron chi connectivity index (χ0n) is 13.1. The summed E-state index contributed by atoms with van der Waals surface area (Å²) in [6.07, 6.45) is 0. The molecule has 0 radical (unpaired) electrons. The first-order chi connectivity index (χ1) is 9.97. The fourth-order valence-corrected chi connectivity index (χ4v) is 3.09. The lowest BCUT2D eigenvalue weighted by atomic mass is 10.0. The van der Waals surface area contributed by atoms with Gasteiger partial charge in [0.25, 0.3) is 0 Å². The first-order valence-corrected chi connectivity index (χ1v) is 8.23. The lowest BCUT2D eigenvalue weighted by Crippen LogP contribution is -2.13. The summed E-state index contributed by atoms with van der Waals surface area (Å²) in [5.41, 5.74) is 3.30. The molecule has 110 valence electrons. The molecule has 21 heavy (non-hydrogen) atoms. The molecular formula is C19H22OS. The Morgan fingerprint density at radius 3 is 2.00 bits per heavy atom. The standard InChI is InChI=1S/C19H22OS/c1-13(2)16-9-11-18(12-10-16)21-15(4)19(20)17-7-5-14(3)6-8-17/h5-13,15H,1-4H3. The maximum Gasteiger partial charge on any atom is 0.175 e. The van der Waals surface area contributed by atoms with E-state index in [1.165, 1.54) is 11.1 Å². The van der Waals surface area contributed by atoms with Crippen LogP contribution in [0, 0.1) is 6.92 Å². The predicted molar refractivity (Wildman–Crippen MR) is 91.4 cm³/mol. The van der Waals surface area contributed by atoms with E-state index in [2.05, 4.69) is 38.1 Å². The van der Waals surface area contributed by atoms with Gasteiger partial charge in [-0.05, 0) is 37.5 Å². The Bertz CT molecular complexity index is 596. The highest BCUT2D eigenvalue weighted by molar-refractivity contribution is 8.00. The number of hydrogen-bond acceptors (Lipinski definition) is 2. The number of carbonyl (C=O) groups excluding carboxylic acids is 1. The van der Waals surface area contributed by atoms with Crippen molar-refractivity contribution >= 4 is 17.5 Å². The number of thioether (sulfide) groups is 1. The molecule has 1 unspecified atom stereocenters. The van der Waals surface area contributed by atoms with Crippen molar-refractivity contribution in [1.29, 1.82) is 0 Å². The Labute approximate surface area is 131 Å². The zero-order valence-corrected chi connectivity index (χ0v) is 13.9. The number of Topliss-reactive ketones (excluding diaryl/α,β-unsaturated/α-hetero) is 1. The number of carbonyl (C=O) groups is 1. The van der Waals surface area contributed by atoms with Gasteiger partial charge in [-0.15, -0.1) is 11.8 Å². The molecule has 0 amide bonds. The molecule has 2 rings (SSSR count). The fraction of sp³-hybridized carbons (Fsp3) is 0.316. The monoisotopic (exact) mass is 298 g/mol. The van der Waals surface area contributed by atoms with Crippen LogP contribution in [0.2, 0.25) is 0 Å². The number of ketones is 1. The SMILES string of the molecule is Cc1ccc(C(=O)C(C)Sc2ccc(C(C)C)cc2)cc1. The van der Waals surface area contributed by atoms with E-state index in [4.69, 9.17) is 0 Å². The van der Waals surface area contributed by atoms with Gasteiger partial charge in [0, 0.05) is 10.5 Å². The molecule has 0 saturated heterocycles. The maximum atomic E-state index is 12.4. The first-order valence-electron chi connectivity index (χ1n) is 7.35. The van der Waals surface area contributed by atoms with Crippen LogP contribution in [-0.4, -0.2) is 11.0 Å². The normalized spacial score (nSPS) is 12.4. The average Bonchev–Trinajstić information content (AvgIpc) is 2.47. The quantitative estimate of drug-likeness (QED) is 0.537. The second-order valence-electron chi connectivity index (χ2n) is 5.71. The summed E-state index contributed by atoms with van der Waals surface area (Å²) in [5, 5.41) is -0.0717. The Kier molecular flexibility index (Phi) is 5.24. The van der Waals surface area contributed by atoms with E-state index in [0.717, 1.165) is 10.5 Å². The Hall–Kier alpha value is -1.54. The van der Waals surface area contributed by atoms with Crippen molar-refractivity contribution in [3.63, 3.8) is 0 Å². The number of hydrogen-bond donors (Lipinski definition) is 0. The van der Waals surface area contributed by atoms with Crippen molar-refractivity contribution < 1.29 is 4.79 Å². The van der Waals surface area contributed by atoms with E-state index in [1.807, 2.05) is 38.1 Å². The average molecular weight is 298 g/mol. The molecule has 2 aromatic rings. The predicted octanol–water partition coefficient (Wildman–Crippen LogP) is 5.48. The van der Waals surface area contributed by atoms with E-state index in [-0.39, 0.29) is 11.0 Å². The molecule has 2 heteroatoms. The first kappa shape index (κ1) is 15.8. The minimum atomic E-state index is -0.0717. The van der Waals surface area contributed by atoms with Gasteiger partial charge in [-0.2, -0.15) is 0 Å². The van der Waals surface area contributed by atoms with Crippen LogP contribution in [-0.2, 0) is 0 Å². The Morgan fingerprint density at radius 2 is 1.48 bits per heavy atom. The van der Waals surface area contributed by atoms with Gasteiger partial charge in [0.15, 0.2) is 5.78 Å². The van der Waals surface area contributed by atoms with Crippen LogP contribution in [0.15, 0.2) is 53.4 Å². The Morgan fingerprint density at radius 1 is 0.905 bits per heavy atom. The molecule has 0 heterocycles. The molecule has 1 nitrogen and oxygen atoms in total. The fourth-order valence-electron chi connectivity index (χ4n) is 2.14. The Balaban J connectivity index is 2.05. The molecule has 0 N–H and O–H groups in total. The van der Waals surface area contributed by atoms with E-state index in [9.17, 15) is 4.79 Å². The molecular weight excluding hydrogens is 276 g/mol. The van der Waals surface area contributed by atoms with E-state index < -0.39 is 0 Å². The van der Waals surface area contributed by atoms with Crippen molar-refractivity contribution in [3.8, 4) is 0 Å². The molecule has 0 aliphatic rings. The molecule has 0 aliphatic heterocycles. The van der Waals surface area contributed by atoms with Crippen molar-refractivity contribution in [2.45, 2.75) is 43.8 Å². The van der Waals surface area contributed by atoms with Crippen LogP contribution in [0.4, 0.5) is 0 Å². The molecule has 0 spiro atoms. The summed E-state index contributed by atoms with van der Waals surface area (Å²) in [6, 6.07) is 16.3. The van der Waals surface area contributed by atoms with Gasteiger partial charge >= 0.3 is 0 Å². The van der Waals surface area contributed by atoms with Crippen LogP contribution in [0.5, 0.6) is 0 Å². The van der Waals surface area contributed by atoms with Gasteiger partial charge in [0.1, 0.15) is 0 Å². The van der Waals surface area contributed by atoms with Crippen LogP contribution in [0.3, 0.4) is 0 Å². The summed E-state index contributed by atoms with van der Waals surface area (Å²) in [4.78, 5) is 13.6. The van der Waals surface area contributed by atoms with Crippen molar-refractivity contribution in [1.82, 2.24) is 0 Å². The zero-order chi connectivity index (χ0) is 15.4. The molecule has 0 fully saturated rings. The largest absolute Gasteiger partial charge is 0.293 e. The topological polar surface area (TPSA) is 17.1 Å². The summed E-state index contributed by atoms with van der Waals surface area (Å²) in [6.45, 7) is 8.38. The minimum absolute atomic E-state index is 0.0717. The van der Waals surface area contributed by atoms with Gasteiger partial charge in [0.2, 0.25) is 0 Å². The van der Waals surface area contributed by atoms with Crippen LogP contribution in [0.1, 0.15) is 48.2 Å². The highest BCUT2D eigenvalue weighted by atomic mass is 32.2. The smallest absolute Gasteiger partial charge is 0.175 e. The highest BCUT2D eigenvalue weighted by Crippen LogP contribution is 2.27. The van der Waals surface area contributed by atoms with Crippen molar-refractivity contribution in [2.24, 2.45) is 0 Å². The third kappa shape index (κ3) is 4.21.